The summed E-state index contributed by atoms with van der Waals surface area (Å²) in [5.41, 5.74) is -0.176. The lowest BCUT2D eigenvalue weighted by molar-refractivity contribution is -0.137. The van der Waals surface area contributed by atoms with Crippen molar-refractivity contribution in [2.24, 2.45) is 0 Å². The van der Waals surface area contributed by atoms with Crippen LogP contribution in [0.25, 0.3) is 6.08 Å². The van der Waals surface area contributed by atoms with E-state index in [2.05, 4.69) is 16.0 Å². The number of hydrogen-bond donors (Lipinski definition) is 4. The van der Waals surface area contributed by atoms with Crippen LogP contribution in [0, 0.1) is 0 Å². The van der Waals surface area contributed by atoms with Gasteiger partial charge in [-0.15, -0.1) is 11.8 Å². The Morgan fingerprint density at radius 2 is 1.69 bits per heavy atom. The number of halogens is 4. The summed E-state index contributed by atoms with van der Waals surface area (Å²) in [4.78, 5) is 39.4. The van der Waals surface area contributed by atoms with Crippen LogP contribution in [0.2, 0.25) is 5.02 Å². The third-order valence-corrected chi connectivity index (χ3v) is 7.40. The molecule has 0 saturated carbocycles. The largest absolute Gasteiger partial charge is 0.508 e. The van der Waals surface area contributed by atoms with Crippen molar-refractivity contribution in [3.05, 3.63) is 118 Å². The molecule has 45 heavy (non-hydrogen) atoms. The Hall–Kier alpha value is -4.94. The van der Waals surface area contributed by atoms with Crippen molar-refractivity contribution in [2.45, 2.75) is 11.1 Å². The number of anilines is 2. The fourth-order valence-electron chi connectivity index (χ4n) is 3.91. The smallest absolute Gasteiger partial charge is 0.416 e. The molecule has 0 bridgehead atoms. The molecular weight excluding hydrogens is 631 g/mol. The zero-order valence-corrected chi connectivity index (χ0v) is 25.0. The lowest BCUT2D eigenvalue weighted by Crippen LogP contribution is -2.30. The topological polar surface area (TPSA) is 117 Å². The van der Waals surface area contributed by atoms with E-state index in [0.29, 0.717) is 21.7 Å². The number of thioether (sulfide) groups is 1. The van der Waals surface area contributed by atoms with Crippen LogP contribution >= 0.6 is 23.4 Å². The highest BCUT2D eigenvalue weighted by atomic mass is 35.5. The van der Waals surface area contributed by atoms with E-state index in [-0.39, 0.29) is 33.7 Å². The van der Waals surface area contributed by atoms with Gasteiger partial charge in [-0.3, -0.25) is 14.4 Å². The van der Waals surface area contributed by atoms with Gasteiger partial charge in [0.05, 0.1) is 29.1 Å². The van der Waals surface area contributed by atoms with Crippen LogP contribution in [0.5, 0.6) is 11.5 Å². The van der Waals surface area contributed by atoms with E-state index in [4.69, 9.17) is 16.3 Å². The Kier molecular flexibility index (Phi) is 10.8. The number of nitrogens with one attached hydrogen (secondary N) is 3. The van der Waals surface area contributed by atoms with Crippen molar-refractivity contribution in [3.63, 3.8) is 0 Å². The van der Waals surface area contributed by atoms with Gasteiger partial charge in [-0.2, -0.15) is 13.2 Å². The zero-order chi connectivity index (χ0) is 32.6. The Bertz CT molecular complexity index is 1750. The number of phenols is 1. The molecule has 8 nitrogen and oxygen atoms in total. The first-order valence-electron chi connectivity index (χ1n) is 13.1. The van der Waals surface area contributed by atoms with Crippen molar-refractivity contribution in [1.82, 2.24) is 5.32 Å². The SMILES string of the molecule is COc1cc(O)ccc1/C=C(/NC(=O)c1ccccc1)C(=O)Nc1cccc(SCC(=O)Nc2cc(C(F)(F)F)ccc2Cl)c1. The van der Waals surface area contributed by atoms with Gasteiger partial charge < -0.3 is 25.8 Å². The first kappa shape index (κ1) is 33.0. The maximum Gasteiger partial charge on any atom is 0.416 e. The van der Waals surface area contributed by atoms with E-state index >= 15 is 0 Å². The highest BCUT2D eigenvalue weighted by Gasteiger charge is 2.31. The molecule has 4 rings (SSSR count). The molecule has 0 spiro atoms. The van der Waals surface area contributed by atoms with Crippen LogP contribution in [0.4, 0.5) is 24.5 Å². The number of aromatic hydroxyl groups is 1. The molecule has 0 aliphatic rings. The number of hydrogen-bond acceptors (Lipinski definition) is 6. The number of methoxy groups -OCH3 is 1. The quantitative estimate of drug-likeness (QED) is 0.106. The number of carbonyl (C=O) groups is 3. The number of ether oxygens (including phenoxy) is 1. The van der Waals surface area contributed by atoms with E-state index in [9.17, 15) is 32.7 Å². The molecule has 0 radical (unpaired) electrons. The highest BCUT2D eigenvalue weighted by Crippen LogP contribution is 2.34. The Morgan fingerprint density at radius 3 is 2.40 bits per heavy atom. The number of amides is 3. The molecule has 3 amide bonds. The van der Waals surface area contributed by atoms with Gasteiger partial charge in [0.15, 0.2) is 0 Å². The predicted molar refractivity (Wildman–Crippen MR) is 167 cm³/mol. The van der Waals surface area contributed by atoms with Crippen molar-refractivity contribution >= 4 is 58.5 Å². The molecule has 0 atom stereocenters. The average Bonchev–Trinajstić information content (AvgIpc) is 3.01. The second-order valence-electron chi connectivity index (χ2n) is 9.32. The second kappa shape index (κ2) is 14.7. The molecular formula is C32H25ClF3N3O5S. The summed E-state index contributed by atoms with van der Waals surface area (Å²) in [6, 6.07) is 21.7. The van der Waals surface area contributed by atoms with Gasteiger partial charge in [0.25, 0.3) is 11.8 Å². The van der Waals surface area contributed by atoms with E-state index in [0.717, 1.165) is 30.0 Å². The number of alkyl halides is 3. The lowest BCUT2D eigenvalue weighted by Gasteiger charge is -2.13. The third-order valence-electron chi connectivity index (χ3n) is 6.08. The van der Waals surface area contributed by atoms with Crippen molar-refractivity contribution < 1.29 is 37.4 Å². The highest BCUT2D eigenvalue weighted by molar-refractivity contribution is 8.00. The van der Waals surface area contributed by atoms with Crippen LogP contribution in [-0.2, 0) is 15.8 Å². The monoisotopic (exact) mass is 655 g/mol. The van der Waals surface area contributed by atoms with Crippen LogP contribution in [0.1, 0.15) is 21.5 Å². The van der Waals surface area contributed by atoms with Gasteiger partial charge in [0.2, 0.25) is 5.91 Å². The molecule has 0 aliphatic carbocycles. The molecule has 0 unspecified atom stereocenters. The minimum absolute atomic E-state index is 0.0424. The van der Waals surface area contributed by atoms with Crippen molar-refractivity contribution in [1.29, 1.82) is 0 Å². The average molecular weight is 656 g/mol. The summed E-state index contributed by atoms with van der Waals surface area (Å²) in [6.07, 6.45) is -3.20. The Balaban J connectivity index is 1.48. The lowest BCUT2D eigenvalue weighted by atomic mass is 10.1. The van der Waals surface area contributed by atoms with Crippen molar-refractivity contribution in [3.8, 4) is 11.5 Å². The molecule has 4 aromatic rings. The first-order chi connectivity index (χ1) is 21.4. The minimum Gasteiger partial charge on any atom is -0.508 e. The van der Waals surface area contributed by atoms with Crippen LogP contribution in [0.15, 0.2) is 102 Å². The third kappa shape index (κ3) is 9.27. The number of carbonyl (C=O) groups excluding carboxylic acids is 3. The van der Waals surface area contributed by atoms with E-state index < -0.39 is 29.5 Å². The van der Waals surface area contributed by atoms with Crippen molar-refractivity contribution in [2.75, 3.05) is 23.5 Å². The number of rotatable bonds is 10. The van der Waals surface area contributed by atoms with Crippen LogP contribution in [-0.4, -0.2) is 35.7 Å². The maximum absolute atomic E-state index is 13.4. The molecule has 4 N–H and O–H groups in total. The van der Waals surface area contributed by atoms with Gasteiger partial charge in [-0.25, -0.2) is 0 Å². The number of benzene rings is 4. The van der Waals surface area contributed by atoms with E-state index in [1.807, 2.05) is 0 Å². The molecule has 232 valence electrons. The summed E-state index contributed by atoms with van der Waals surface area (Å²) in [6.45, 7) is 0. The molecule has 0 aliphatic heterocycles. The van der Waals surface area contributed by atoms with E-state index in [1.54, 1.807) is 54.6 Å². The van der Waals surface area contributed by atoms with Crippen LogP contribution in [0.3, 0.4) is 0 Å². The Labute approximate surface area is 265 Å². The number of phenolic OH excluding ortho intramolecular Hbond substituents is 1. The molecule has 13 heteroatoms. The normalized spacial score (nSPS) is 11.4. The second-order valence-corrected chi connectivity index (χ2v) is 10.8. The van der Waals surface area contributed by atoms with Gasteiger partial charge >= 0.3 is 6.18 Å². The Morgan fingerprint density at radius 1 is 0.933 bits per heavy atom. The molecule has 0 saturated heterocycles. The van der Waals surface area contributed by atoms with E-state index in [1.165, 1.54) is 31.4 Å². The summed E-state index contributed by atoms with van der Waals surface area (Å²) < 4.78 is 44.5. The van der Waals surface area contributed by atoms with Crippen LogP contribution < -0.4 is 20.7 Å². The summed E-state index contributed by atoms with van der Waals surface area (Å²) >= 11 is 7.04. The standard InChI is InChI=1S/C32H25ClF3N3O5S/c1-44-28-17-23(40)12-10-20(28)14-27(39-30(42)19-6-3-2-4-7-19)31(43)37-22-8-5-9-24(16-22)45-18-29(41)38-26-15-21(32(34,35)36)11-13-25(26)33/h2-17,40H,18H2,1H3,(H,37,43)(H,38,41)(H,39,42)/b27-14+. The van der Waals surface area contributed by atoms with Gasteiger partial charge in [0, 0.05) is 27.8 Å². The zero-order valence-electron chi connectivity index (χ0n) is 23.4. The molecule has 0 fully saturated rings. The summed E-state index contributed by atoms with van der Waals surface area (Å²) in [5, 5.41) is 17.5. The van der Waals surface area contributed by atoms with Gasteiger partial charge in [-0.1, -0.05) is 35.9 Å². The fraction of sp³-hybridized carbons (Fsp3) is 0.0938. The predicted octanol–water partition coefficient (Wildman–Crippen LogP) is 7.21. The molecule has 0 aromatic heterocycles. The minimum atomic E-state index is -4.60. The molecule has 4 aromatic carbocycles. The molecule has 0 heterocycles. The summed E-state index contributed by atoms with van der Waals surface area (Å²) in [7, 11) is 1.39. The summed E-state index contributed by atoms with van der Waals surface area (Å²) in [5.74, 6) is -1.75. The fourth-order valence-corrected chi connectivity index (χ4v) is 4.83. The maximum atomic E-state index is 13.4. The first-order valence-corrected chi connectivity index (χ1v) is 14.4. The van der Waals surface area contributed by atoms with Gasteiger partial charge in [-0.05, 0) is 66.7 Å². The van der Waals surface area contributed by atoms with Gasteiger partial charge in [0.1, 0.15) is 17.2 Å².